The second kappa shape index (κ2) is 8.18. The highest BCUT2D eigenvalue weighted by Gasteiger charge is 2.18. The van der Waals surface area contributed by atoms with Crippen molar-refractivity contribution in [3.63, 3.8) is 0 Å². The minimum atomic E-state index is -0.516. The summed E-state index contributed by atoms with van der Waals surface area (Å²) in [5, 5.41) is 11.0. The SMILES string of the molecule is CCOC(=O)c1cnc(-c2ccccc2)nc1Cc1cccc([N+](=O)[O-])c1. The van der Waals surface area contributed by atoms with Gasteiger partial charge in [0.1, 0.15) is 0 Å². The molecule has 0 N–H and O–H groups in total. The molecule has 3 aromatic rings. The summed E-state index contributed by atoms with van der Waals surface area (Å²) in [7, 11) is 0. The van der Waals surface area contributed by atoms with Gasteiger partial charge in [0.05, 0.1) is 22.8 Å². The normalized spacial score (nSPS) is 10.4. The number of nitro groups is 1. The number of non-ortho nitro benzene ring substituents is 1. The lowest BCUT2D eigenvalue weighted by Gasteiger charge is -2.10. The van der Waals surface area contributed by atoms with E-state index in [2.05, 4.69) is 9.97 Å². The summed E-state index contributed by atoms with van der Waals surface area (Å²) in [5.41, 5.74) is 2.19. The van der Waals surface area contributed by atoms with E-state index in [0.717, 1.165) is 5.56 Å². The first kappa shape index (κ1) is 18.2. The number of rotatable bonds is 6. The number of nitro benzene ring substituents is 1. The second-order valence-corrected chi connectivity index (χ2v) is 5.74. The van der Waals surface area contributed by atoms with Crippen LogP contribution in [0.3, 0.4) is 0 Å². The molecule has 136 valence electrons. The van der Waals surface area contributed by atoms with Gasteiger partial charge < -0.3 is 4.74 Å². The highest BCUT2D eigenvalue weighted by atomic mass is 16.6. The van der Waals surface area contributed by atoms with Crippen molar-refractivity contribution in [3.8, 4) is 11.4 Å². The second-order valence-electron chi connectivity index (χ2n) is 5.74. The Kier molecular flexibility index (Phi) is 5.51. The maximum absolute atomic E-state index is 12.3. The Morgan fingerprint density at radius 3 is 2.63 bits per heavy atom. The maximum atomic E-state index is 12.3. The smallest absolute Gasteiger partial charge is 0.341 e. The zero-order chi connectivity index (χ0) is 19.2. The van der Waals surface area contributed by atoms with E-state index >= 15 is 0 Å². The van der Waals surface area contributed by atoms with Gasteiger partial charge in [-0.2, -0.15) is 0 Å². The number of benzene rings is 2. The molecule has 1 heterocycles. The Balaban J connectivity index is 2.03. The fraction of sp³-hybridized carbons (Fsp3) is 0.150. The molecule has 0 atom stereocenters. The summed E-state index contributed by atoms with van der Waals surface area (Å²) >= 11 is 0. The van der Waals surface area contributed by atoms with Crippen LogP contribution in [0.15, 0.2) is 60.8 Å². The minimum Gasteiger partial charge on any atom is -0.462 e. The van der Waals surface area contributed by atoms with Gasteiger partial charge in [-0.1, -0.05) is 42.5 Å². The largest absolute Gasteiger partial charge is 0.462 e. The van der Waals surface area contributed by atoms with Gasteiger partial charge in [-0.15, -0.1) is 0 Å². The average molecular weight is 363 g/mol. The van der Waals surface area contributed by atoms with Crippen LogP contribution in [-0.2, 0) is 11.2 Å². The lowest BCUT2D eigenvalue weighted by molar-refractivity contribution is -0.384. The number of nitrogens with zero attached hydrogens (tertiary/aromatic N) is 3. The number of carbonyl (C=O) groups is 1. The predicted octanol–water partition coefficient (Wildman–Crippen LogP) is 3.82. The molecule has 3 rings (SSSR count). The predicted molar refractivity (Wildman–Crippen MR) is 99.3 cm³/mol. The van der Waals surface area contributed by atoms with Crippen molar-refractivity contribution >= 4 is 11.7 Å². The fourth-order valence-corrected chi connectivity index (χ4v) is 2.63. The van der Waals surface area contributed by atoms with Gasteiger partial charge in [0.25, 0.3) is 5.69 Å². The van der Waals surface area contributed by atoms with Gasteiger partial charge in [0, 0.05) is 30.3 Å². The van der Waals surface area contributed by atoms with Crippen molar-refractivity contribution in [1.82, 2.24) is 9.97 Å². The first-order chi connectivity index (χ1) is 13.1. The number of ether oxygens (including phenoxy) is 1. The van der Waals surface area contributed by atoms with Crippen LogP contribution < -0.4 is 0 Å². The molecule has 0 saturated heterocycles. The zero-order valence-electron chi connectivity index (χ0n) is 14.7. The first-order valence-corrected chi connectivity index (χ1v) is 8.40. The van der Waals surface area contributed by atoms with E-state index < -0.39 is 10.9 Å². The highest BCUT2D eigenvalue weighted by Crippen LogP contribution is 2.21. The molecule has 0 aliphatic heterocycles. The summed E-state index contributed by atoms with van der Waals surface area (Å²) in [5.74, 6) is -0.0402. The molecule has 0 saturated carbocycles. The topological polar surface area (TPSA) is 95.2 Å². The van der Waals surface area contributed by atoms with E-state index in [1.54, 1.807) is 19.1 Å². The van der Waals surface area contributed by atoms with E-state index in [9.17, 15) is 14.9 Å². The van der Waals surface area contributed by atoms with E-state index in [1.165, 1.54) is 18.3 Å². The van der Waals surface area contributed by atoms with Crippen molar-refractivity contribution < 1.29 is 14.5 Å². The van der Waals surface area contributed by atoms with Crippen LogP contribution in [-0.4, -0.2) is 27.5 Å². The van der Waals surface area contributed by atoms with Crippen molar-refractivity contribution in [3.05, 3.63) is 87.7 Å². The van der Waals surface area contributed by atoms with Crippen LogP contribution >= 0.6 is 0 Å². The number of hydrogen-bond donors (Lipinski definition) is 0. The Bertz CT molecular complexity index is 974. The van der Waals surface area contributed by atoms with Crippen molar-refractivity contribution in [2.45, 2.75) is 13.3 Å². The third-order valence-electron chi connectivity index (χ3n) is 3.89. The third kappa shape index (κ3) is 4.33. The van der Waals surface area contributed by atoms with Gasteiger partial charge in [0.15, 0.2) is 5.82 Å². The first-order valence-electron chi connectivity index (χ1n) is 8.40. The van der Waals surface area contributed by atoms with Gasteiger partial charge in [-0.25, -0.2) is 14.8 Å². The Labute approximate surface area is 155 Å². The molecule has 0 aliphatic rings. The molecule has 0 fully saturated rings. The lowest BCUT2D eigenvalue weighted by Crippen LogP contribution is -2.12. The zero-order valence-corrected chi connectivity index (χ0v) is 14.7. The summed E-state index contributed by atoms with van der Waals surface area (Å²) in [6, 6.07) is 15.6. The summed E-state index contributed by atoms with van der Waals surface area (Å²) in [6.45, 7) is 1.95. The van der Waals surface area contributed by atoms with Gasteiger partial charge in [0.2, 0.25) is 0 Å². The van der Waals surface area contributed by atoms with E-state index in [0.29, 0.717) is 17.1 Å². The molecule has 7 heteroatoms. The van der Waals surface area contributed by atoms with Crippen LogP contribution in [0.5, 0.6) is 0 Å². The Hall–Kier alpha value is -3.61. The molecular weight excluding hydrogens is 346 g/mol. The van der Waals surface area contributed by atoms with E-state index in [-0.39, 0.29) is 24.3 Å². The standard InChI is InChI=1S/C20H17N3O4/c1-2-27-20(24)17-13-21-19(15-8-4-3-5-9-15)22-18(17)12-14-7-6-10-16(11-14)23(25)26/h3-11,13H,2,12H2,1H3. The third-order valence-corrected chi connectivity index (χ3v) is 3.89. The van der Waals surface area contributed by atoms with Crippen molar-refractivity contribution in [2.24, 2.45) is 0 Å². The monoisotopic (exact) mass is 363 g/mol. The average Bonchev–Trinajstić information content (AvgIpc) is 2.69. The van der Waals surface area contributed by atoms with Crippen LogP contribution in [0.1, 0.15) is 28.5 Å². The molecule has 0 radical (unpaired) electrons. The molecule has 0 aliphatic carbocycles. The van der Waals surface area contributed by atoms with Crippen molar-refractivity contribution in [2.75, 3.05) is 6.61 Å². The molecule has 1 aromatic heterocycles. The van der Waals surface area contributed by atoms with Crippen LogP contribution in [0.25, 0.3) is 11.4 Å². The van der Waals surface area contributed by atoms with Gasteiger partial charge in [-0.3, -0.25) is 10.1 Å². The molecule has 0 unspecified atom stereocenters. The highest BCUT2D eigenvalue weighted by molar-refractivity contribution is 5.90. The fourth-order valence-electron chi connectivity index (χ4n) is 2.63. The Morgan fingerprint density at radius 2 is 1.93 bits per heavy atom. The molecule has 0 bridgehead atoms. The van der Waals surface area contributed by atoms with Crippen LogP contribution in [0, 0.1) is 10.1 Å². The minimum absolute atomic E-state index is 0.0116. The number of aromatic nitrogens is 2. The Morgan fingerprint density at radius 1 is 1.15 bits per heavy atom. The van der Waals surface area contributed by atoms with Gasteiger partial charge >= 0.3 is 5.97 Å². The van der Waals surface area contributed by atoms with Gasteiger partial charge in [-0.05, 0) is 12.5 Å². The summed E-state index contributed by atoms with van der Waals surface area (Å²) in [4.78, 5) is 31.6. The van der Waals surface area contributed by atoms with E-state index in [1.807, 2.05) is 30.3 Å². The molecule has 0 spiro atoms. The van der Waals surface area contributed by atoms with Crippen LogP contribution in [0.2, 0.25) is 0 Å². The van der Waals surface area contributed by atoms with Crippen molar-refractivity contribution in [1.29, 1.82) is 0 Å². The maximum Gasteiger partial charge on any atom is 0.341 e. The summed E-state index contributed by atoms with van der Waals surface area (Å²) in [6.07, 6.45) is 1.69. The molecule has 0 amide bonds. The molecular formula is C20H17N3O4. The molecule has 7 nitrogen and oxygen atoms in total. The molecule has 27 heavy (non-hydrogen) atoms. The number of hydrogen-bond acceptors (Lipinski definition) is 6. The molecule has 2 aromatic carbocycles. The quantitative estimate of drug-likeness (QED) is 0.375. The van der Waals surface area contributed by atoms with E-state index in [4.69, 9.17) is 4.74 Å². The summed E-state index contributed by atoms with van der Waals surface area (Å²) < 4.78 is 5.09. The lowest BCUT2D eigenvalue weighted by atomic mass is 10.0. The number of carbonyl (C=O) groups excluding carboxylic acids is 1. The number of esters is 1. The van der Waals surface area contributed by atoms with Crippen LogP contribution in [0.4, 0.5) is 5.69 Å².